The number of aromatic carboxylic acids is 1. The molecule has 2 heterocycles. The smallest absolute Gasteiger partial charge is 0.358 e. The maximum Gasteiger partial charge on any atom is 0.358 e. The molecule has 92 valence electrons. The normalized spacial score (nSPS) is 16.0. The molecular formula is C12H16N2O3. The Morgan fingerprint density at radius 2 is 2.24 bits per heavy atom. The minimum atomic E-state index is -1.05. The summed E-state index contributed by atoms with van der Waals surface area (Å²) in [4.78, 5) is 17.0. The fourth-order valence-corrected chi connectivity index (χ4v) is 1.96. The third-order valence-electron chi connectivity index (χ3n) is 2.84. The van der Waals surface area contributed by atoms with Crippen LogP contribution in [0.3, 0.4) is 0 Å². The maximum absolute atomic E-state index is 10.9. The number of hydrogen-bond acceptors (Lipinski definition) is 4. The molecule has 17 heavy (non-hydrogen) atoms. The number of carbonyl (C=O) groups is 1. The average molecular weight is 236 g/mol. The van der Waals surface area contributed by atoms with Crippen LogP contribution in [0.5, 0.6) is 5.75 Å². The number of aromatic nitrogens is 1. The molecule has 0 atom stereocenters. The van der Waals surface area contributed by atoms with Crippen LogP contribution in [-0.4, -0.2) is 47.2 Å². The molecule has 0 aliphatic carbocycles. The lowest BCUT2D eigenvalue weighted by Gasteiger charge is -2.15. The van der Waals surface area contributed by atoms with Crippen LogP contribution in [0.25, 0.3) is 0 Å². The minimum Gasteiger partial charge on any atom is -0.490 e. The highest BCUT2D eigenvalue weighted by Gasteiger charge is 2.14. The van der Waals surface area contributed by atoms with E-state index in [1.807, 2.05) is 0 Å². The number of rotatable bonds is 5. The van der Waals surface area contributed by atoms with Gasteiger partial charge in [-0.1, -0.05) is 0 Å². The molecule has 5 heteroatoms. The fraction of sp³-hybridized carbons (Fsp3) is 0.500. The Hall–Kier alpha value is -1.62. The van der Waals surface area contributed by atoms with Crippen LogP contribution in [0.15, 0.2) is 18.3 Å². The zero-order valence-corrected chi connectivity index (χ0v) is 9.63. The second-order valence-electron chi connectivity index (χ2n) is 4.05. The number of carboxylic acids is 1. The van der Waals surface area contributed by atoms with Crippen molar-refractivity contribution in [2.24, 2.45) is 0 Å². The third-order valence-corrected chi connectivity index (χ3v) is 2.84. The summed E-state index contributed by atoms with van der Waals surface area (Å²) in [7, 11) is 0. The summed E-state index contributed by atoms with van der Waals surface area (Å²) >= 11 is 0. The highest BCUT2D eigenvalue weighted by atomic mass is 16.5. The van der Waals surface area contributed by atoms with Crippen LogP contribution in [0.4, 0.5) is 0 Å². The van der Waals surface area contributed by atoms with Crippen molar-refractivity contribution in [1.29, 1.82) is 0 Å². The number of ether oxygens (including phenoxy) is 1. The molecule has 0 aromatic carbocycles. The Bertz CT molecular complexity index is 389. The van der Waals surface area contributed by atoms with Gasteiger partial charge in [0.2, 0.25) is 0 Å². The van der Waals surface area contributed by atoms with E-state index in [-0.39, 0.29) is 5.69 Å². The lowest BCUT2D eigenvalue weighted by molar-refractivity contribution is 0.0685. The van der Waals surface area contributed by atoms with Crippen molar-refractivity contribution in [2.75, 3.05) is 26.2 Å². The van der Waals surface area contributed by atoms with E-state index in [1.54, 1.807) is 12.1 Å². The van der Waals surface area contributed by atoms with E-state index in [9.17, 15) is 4.79 Å². The lowest BCUT2D eigenvalue weighted by Crippen LogP contribution is -2.25. The molecule has 1 aliphatic heterocycles. The van der Waals surface area contributed by atoms with Gasteiger partial charge in [-0.05, 0) is 38.1 Å². The van der Waals surface area contributed by atoms with Gasteiger partial charge < -0.3 is 9.84 Å². The molecule has 1 fully saturated rings. The molecular weight excluding hydrogens is 220 g/mol. The van der Waals surface area contributed by atoms with Crippen LogP contribution < -0.4 is 4.74 Å². The van der Waals surface area contributed by atoms with Gasteiger partial charge >= 0.3 is 5.97 Å². The van der Waals surface area contributed by atoms with Crippen LogP contribution in [-0.2, 0) is 0 Å². The van der Waals surface area contributed by atoms with Gasteiger partial charge in [0.25, 0.3) is 0 Å². The molecule has 1 aliphatic rings. The van der Waals surface area contributed by atoms with E-state index < -0.39 is 5.97 Å². The van der Waals surface area contributed by atoms with Gasteiger partial charge in [0.05, 0.1) is 0 Å². The molecule has 1 aromatic heterocycles. The first-order chi connectivity index (χ1) is 8.27. The number of pyridine rings is 1. The molecule has 1 aromatic rings. The summed E-state index contributed by atoms with van der Waals surface area (Å²) in [6.07, 6.45) is 3.94. The first-order valence-corrected chi connectivity index (χ1v) is 5.81. The standard InChI is InChI=1S/C12H16N2O3/c15-12(16)11-10(4-3-5-13-11)17-9-8-14-6-1-2-7-14/h3-5H,1-2,6-9H2,(H,15,16). The Labute approximate surface area is 100 Å². The van der Waals surface area contributed by atoms with Crippen molar-refractivity contribution in [2.45, 2.75) is 12.8 Å². The summed E-state index contributed by atoms with van der Waals surface area (Å²) in [6, 6.07) is 3.32. The fourth-order valence-electron chi connectivity index (χ4n) is 1.96. The third kappa shape index (κ3) is 3.17. The van der Waals surface area contributed by atoms with Gasteiger partial charge in [-0.2, -0.15) is 0 Å². The zero-order chi connectivity index (χ0) is 12.1. The van der Waals surface area contributed by atoms with Crippen LogP contribution in [0, 0.1) is 0 Å². The van der Waals surface area contributed by atoms with E-state index in [4.69, 9.17) is 9.84 Å². The molecule has 0 saturated carbocycles. The van der Waals surface area contributed by atoms with Crippen molar-refractivity contribution < 1.29 is 14.6 Å². The number of nitrogens with zero attached hydrogens (tertiary/aromatic N) is 2. The summed E-state index contributed by atoms with van der Waals surface area (Å²) < 4.78 is 5.48. The molecule has 0 bridgehead atoms. The number of likely N-dealkylation sites (tertiary alicyclic amines) is 1. The van der Waals surface area contributed by atoms with E-state index in [1.165, 1.54) is 19.0 Å². The first-order valence-electron chi connectivity index (χ1n) is 5.81. The van der Waals surface area contributed by atoms with Crippen molar-refractivity contribution in [1.82, 2.24) is 9.88 Å². The number of carboxylic acid groups (broad SMARTS) is 1. The average Bonchev–Trinajstić information content (AvgIpc) is 2.82. The maximum atomic E-state index is 10.9. The van der Waals surface area contributed by atoms with E-state index in [0.29, 0.717) is 12.4 Å². The lowest BCUT2D eigenvalue weighted by atomic mass is 10.3. The largest absolute Gasteiger partial charge is 0.490 e. The molecule has 1 N–H and O–H groups in total. The van der Waals surface area contributed by atoms with Crippen LogP contribution in [0.2, 0.25) is 0 Å². The zero-order valence-electron chi connectivity index (χ0n) is 9.63. The minimum absolute atomic E-state index is 0.0195. The Balaban J connectivity index is 1.87. The van der Waals surface area contributed by atoms with Gasteiger partial charge in [0.15, 0.2) is 11.4 Å². The van der Waals surface area contributed by atoms with Crippen LogP contribution in [0.1, 0.15) is 23.3 Å². The summed E-state index contributed by atoms with van der Waals surface area (Å²) in [5.41, 5.74) is -0.0195. The Morgan fingerprint density at radius 1 is 1.47 bits per heavy atom. The molecule has 0 amide bonds. The topological polar surface area (TPSA) is 62.7 Å². The van der Waals surface area contributed by atoms with Crippen molar-refractivity contribution in [3.05, 3.63) is 24.0 Å². The quantitative estimate of drug-likeness (QED) is 0.833. The highest BCUT2D eigenvalue weighted by molar-refractivity contribution is 5.88. The summed E-state index contributed by atoms with van der Waals surface area (Å²) in [5, 5.41) is 8.92. The summed E-state index contributed by atoms with van der Waals surface area (Å²) in [6.45, 7) is 3.57. The van der Waals surface area contributed by atoms with Gasteiger partial charge in [0, 0.05) is 12.7 Å². The van der Waals surface area contributed by atoms with Crippen molar-refractivity contribution >= 4 is 5.97 Å². The van der Waals surface area contributed by atoms with E-state index >= 15 is 0 Å². The van der Waals surface area contributed by atoms with Gasteiger partial charge in [-0.25, -0.2) is 9.78 Å². The Morgan fingerprint density at radius 3 is 2.94 bits per heavy atom. The molecule has 1 saturated heterocycles. The van der Waals surface area contributed by atoms with E-state index in [0.717, 1.165) is 19.6 Å². The van der Waals surface area contributed by atoms with Crippen molar-refractivity contribution in [3.8, 4) is 5.75 Å². The second-order valence-corrected chi connectivity index (χ2v) is 4.05. The molecule has 0 spiro atoms. The molecule has 0 unspecified atom stereocenters. The van der Waals surface area contributed by atoms with Crippen molar-refractivity contribution in [3.63, 3.8) is 0 Å². The summed E-state index contributed by atoms with van der Waals surface area (Å²) in [5.74, 6) is -0.707. The first kappa shape index (κ1) is 11.9. The molecule has 5 nitrogen and oxygen atoms in total. The SMILES string of the molecule is O=C(O)c1ncccc1OCCN1CCCC1. The number of hydrogen-bond donors (Lipinski definition) is 1. The predicted octanol–water partition coefficient (Wildman–Crippen LogP) is 1.25. The predicted molar refractivity (Wildman–Crippen MR) is 62.4 cm³/mol. The van der Waals surface area contributed by atoms with Gasteiger partial charge in [-0.3, -0.25) is 4.90 Å². The monoisotopic (exact) mass is 236 g/mol. The second kappa shape index (κ2) is 5.63. The van der Waals surface area contributed by atoms with E-state index in [2.05, 4.69) is 9.88 Å². The molecule has 0 radical (unpaired) electrons. The molecule has 2 rings (SSSR count). The Kier molecular flexibility index (Phi) is 3.93. The highest BCUT2D eigenvalue weighted by Crippen LogP contribution is 2.15. The van der Waals surface area contributed by atoms with Gasteiger partial charge in [0.1, 0.15) is 6.61 Å². The van der Waals surface area contributed by atoms with Crippen LogP contribution >= 0.6 is 0 Å². The van der Waals surface area contributed by atoms with Gasteiger partial charge in [-0.15, -0.1) is 0 Å².